The molecule has 0 aromatic heterocycles. The first-order valence-corrected chi connectivity index (χ1v) is 12.2. The Morgan fingerprint density at radius 1 is 1.14 bits per heavy atom. The molecule has 1 heterocycles. The van der Waals surface area contributed by atoms with E-state index in [0.29, 0.717) is 30.3 Å². The Labute approximate surface area is 217 Å². The third-order valence-electron chi connectivity index (χ3n) is 5.43. The Hall–Kier alpha value is -3.60. The van der Waals surface area contributed by atoms with Gasteiger partial charge in [0, 0.05) is 28.3 Å². The number of hydrogen-bond donors (Lipinski definition) is 6. The predicted molar refractivity (Wildman–Crippen MR) is 140 cm³/mol. The lowest BCUT2D eigenvalue weighted by Crippen LogP contribution is -2.39. The van der Waals surface area contributed by atoms with Gasteiger partial charge in [0.25, 0.3) is 5.91 Å². The molecule has 0 bridgehead atoms. The van der Waals surface area contributed by atoms with Crippen molar-refractivity contribution in [3.05, 3.63) is 57.6 Å². The second kappa shape index (κ2) is 11.4. The minimum absolute atomic E-state index is 0.126. The van der Waals surface area contributed by atoms with E-state index in [-0.39, 0.29) is 29.7 Å². The molecule has 0 fully saturated rings. The summed E-state index contributed by atoms with van der Waals surface area (Å²) >= 11 is 3.47. The number of carbonyl (C=O) groups is 3. The molecule has 1 aliphatic rings. The van der Waals surface area contributed by atoms with Crippen LogP contribution in [0.3, 0.4) is 0 Å². The van der Waals surface area contributed by atoms with Crippen molar-refractivity contribution in [1.29, 1.82) is 0 Å². The molecule has 0 saturated carbocycles. The van der Waals surface area contributed by atoms with Gasteiger partial charge in [-0.25, -0.2) is 0 Å². The number of hydrogen-bond acceptors (Lipinski definition) is 7. The molecule has 0 aliphatic carbocycles. The molecule has 0 saturated heterocycles. The standard InChI is InChI=1S/C25H30BrN5O5/c1-25(2,3)16-6-14(7-17(26)10-16)20(12-22(34)35)31-21(33)13-29-23(36)15-8-18(11-19(32)9-15)30-24-27-4-5-28-24/h6-11,20,32H,4-5,12-13H2,1-3H3,(H,29,36)(H,31,33)(H,34,35)(H2,27,28,30)/t20-/m0/s1. The first-order valence-electron chi connectivity index (χ1n) is 11.4. The molecule has 2 amide bonds. The summed E-state index contributed by atoms with van der Waals surface area (Å²) in [5.41, 5.74) is 2.05. The zero-order chi connectivity index (χ0) is 26.5. The highest BCUT2D eigenvalue weighted by Gasteiger charge is 2.22. The minimum atomic E-state index is -1.07. The maximum Gasteiger partial charge on any atom is 0.305 e. The average Bonchev–Trinajstić information content (AvgIpc) is 3.28. The Kier molecular flexibility index (Phi) is 8.57. The van der Waals surface area contributed by atoms with Gasteiger partial charge in [-0.1, -0.05) is 42.8 Å². The van der Waals surface area contributed by atoms with Crippen LogP contribution in [-0.4, -0.2) is 53.6 Å². The summed E-state index contributed by atoms with van der Waals surface area (Å²) in [6.07, 6.45) is -0.320. The molecule has 0 unspecified atom stereocenters. The van der Waals surface area contributed by atoms with Crippen molar-refractivity contribution in [1.82, 2.24) is 16.0 Å². The molecule has 192 valence electrons. The smallest absolute Gasteiger partial charge is 0.305 e. The van der Waals surface area contributed by atoms with Crippen LogP contribution < -0.4 is 21.3 Å². The van der Waals surface area contributed by atoms with Crippen LogP contribution in [0.4, 0.5) is 5.69 Å². The third-order valence-corrected chi connectivity index (χ3v) is 5.89. The number of benzene rings is 2. The van der Waals surface area contributed by atoms with Crippen LogP contribution in [0.15, 0.2) is 45.9 Å². The Balaban J connectivity index is 1.68. The van der Waals surface area contributed by atoms with Gasteiger partial charge in [-0.3, -0.25) is 19.4 Å². The average molecular weight is 560 g/mol. The van der Waals surface area contributed by atoms with E-state index >= 15 is 0 Å². The highest BCUT2D eigenvalue weighted by Crippen LogP contribution is 2.30. The van der Waals surface area contributed by atoms with Gasteiger partial charge in [-0.2, -0.15) is 0 Å². The monoisotopic (exact) mass is 559 g/mol. The summed E-state index contributed by atoms with van der Waals surface area (Å²) in [5.74, 6) is -1.77. The molecule has 2 aromatic carbocycles. The number of carboxylic acid groups (broad SMARTS) is 1. The number of halogens is 1. The number of carbonyl (C=O) groups excluding carboxylic acids is 2. The van der Waals surface area contributed by atoms with Crippen LogP contribution in [0.5, 0.6) is 5.75 Å². The SMILES string of the molecule is CC(C)(C)c1cc(Br)cc([C@H](CC(=O)O)NC(=O)CNC(=O)c2cc(O)cc(NC3=NCCN3)c2)c1. The molecular weight excluding hydrogens is 530 g/mol. The zero-order valence-corrected chi connectivity index (χ0v) is 21.9. The molecule has 0 radical (unpaired) electrons. The molecule has 3 rings (SSSR count). The number of rotatable bonds is 8. The van der Waals surface area contributed by atoms with Gasteiger partial charge in [-0.15, -0.1) is 0 Å². The molecule has 0 spiro atoms. The summed E-state index contributed by atoms with van der Waals surface area (Å²) in [7, 11) is 0. The van der Waals surface area contributed by atoms with E-state index < -0.39 is 23.8 Å². The lowest BCUT2D eigenvalue weighted by atomic mass is 9.85. The third kappa shape index (κ3) is 7.70. The van der Waals surface area contributed by atoms with Gasteiger partial charge < -0.3 is 31.5 Å². The van der Waals surface area contributed by atoms with Crippen molar-refractivity contribution in [2.24, 2.45) is 4.99 Å². The fraction of sp³-hybridized carbons (Fsp3) is 0.360. The molecule has 2 aromatic rings. The molecular formula is C25H30BrN5O5. The highest BCUT2D eigenvalue weighted by atomic mass is 79.9. The maximum atomic E-state index is 12.7. The van der Waals surface area contributed by atoms with E-state index in [2.05, 4.69) is 42.2 Å². The number of guanidine groups is 1. The van der Waals surface area contributed by atoms with Crippen LogP contribution in [0.1, 0.15) is 54.7 Å². The maximum absolute atomic E-state index is 12.7. The fourth-order valence-corrected chi connectivity index (χ4v) is 4.13. The van der Waals surface area contributed by atoms with Gasteiger partial charge in [0.05, 0.1) is 25.6 Å². The van der Waals surface area contributed by atoms with E-state index in [1.165, 1.54) is 18.2 Å². The molecule has 6 N–H and O–H groups in total. The fourth-order valence-electron chi connectivity index (χ4n) is 3.61. The van der Waals surface area contributed by atoms with Gasteiger partial charge in [0.1, 0.15) is 5.75 Å². The number of anilines is 1. The van der Waals surface area contributed by atoms with E-state index in [1.807, 2.05) is 32.9 Å². The number of nitrogens with one attached hydrogen (secondary N) is 4. The number of phenols is 1. The number of carboxylic acids is 1. The minimum Gasteiger partial charge on any atom is -0.508 e. The van der Waals surface area contributed by atoms with E-state index in [1.54, 1.807) is 6.07 Å². The number of aliphatic carboxylic acids is 1. The summed E-state index contributed by atoms with van der Waals surface area (Å²) in [6.45, 7) is 7.08. The van der Waals surface area contributed by atoms with Crippen molar-refractivity contribution in [3.8, 4) is 5.75 Å². The summed E-state index contributed by atoms with van der Waals surface area (Å²) < 4.78 is 0.773. The van der Waals surface area contributed by atoms with E-state index in [9.17, 15) is 24.6 Å². The summed E-state index contributed by atoms with van der Waals surface area (Å²) in [5, 5.41) is 30.6. The Bertz CT molecular complexity index is 1190. The van der Waals surface area contributed by atoms with Crippen LogP contribution in [-0.2, 0) is 15.0 Å². The predicted octanol–water partition coefficient (Wildman–Crippen LogP) is 2.89. The van der Waals surface area contributed by atoms with Crippen LogP contribution in [0.25, 0.3) is 0 Å². The number of phenolic OH excluding ortho intramolecular Hbond substituents is 1. The molecule has 11 heteroatoms. The molecule has 1 atom stereocenters. The number of amides is 2. The van der Waals surface area contributed by atoms with Gasteiger partial charge in [0.15, 0.2) is 5.96 Å². The van der Waals surface area contributed by atoms with Crippen molar-refractivity contribution in [2.45, 2.75) is 38.6 Å². The number of aromatic hydroxyl groups is 1. The van der Waals surface area contributed by atoms with Gasteiger partial charge >= 0.3 is 5.97 Å². The number of aliphatic imine (C=N–C) groups is 1. The quantitative estimate of drug-likeness (QED) is 0.291. The van der Waals surface area contributed by atoms with Crippen molar-refractivity contribution in [2.75, 3.05) is 25.0 Å². The van der Waals surface area contributed by atoms with E-state index in [0.717, 1.165) is 10.0 Å². The van der Waals surface area contributed by atoms with Crippen molar-refractivity contribution in [3.63, 3.8) is 0 Å². The van der Waals surface area contributed by atoms with Crippen LogP contribution in [0, 0.1) is 0 Å². The largest absolute Gasteiger partial charge is 0.508 e. The first kappa shape index (κ1) is 27.0. The van der Waals surface area contributed by atoms with Crippen molar-refractivity contribution < 1.29 is 24.6 Å². The molecule has 1 aliphatic heterocycles. The normalized spacial score (nSPS) is 13.8. The number of nitrogens with zero attached hydrogens (tertiary/aromatic N) is 1. The Morgan fingerprint density at radius 3 is 2.53 bits per heavy atom. The zero-order valence-electron chi connectivity index (χ0n) is 20.3. The summed E-state index contributed by atoms with van der Waals surface area (Å²) in [6, 6.07) is 9.07. The lowest BCUT2D eigenvalue weighted by Gasteiger charge is -2.24. The second-order valence-corrected chi connectivity index (χ2v) is 10.4. The molecule has 36 heavy (non-hydrogen) atoms. The first-order chi connectivity index (χ1) is 16.9. The topological polar surface area (TPSA) is 152 Å². The second-order valence-electron chi connectivity index (χ2n) is 9.47. The lowest BCUT2D eigenvalue weighted by molar-refractivity contribution is -0.137. The van der Waals surface area contributed by atoms with Gasteiger partial charge in [0.2, 0.25) is 5.91 Å². The van der Waals surface area contributed by atoms with Crippen molar-refractivity contribution >= 4 is 45.4 Å². The Morgan fingerprint density at radius 2 is 1.89 bits per heavy atom. The summed E-state index contributed by atoms with van der Waals surface area (Å²) in [4.78, 5) is 41.0. The highest BCUT2D eigenvalue weighted by molar-refractivity contribution is 9.10. The molecule has 10 nitrogen and oxygen atoms in total. The van der Waals surface area contributed by atoms with E-state index in [4.69, 9.17) is 0 Å². The van der Waals surface area contributed by atoms with Crippen LogP contribution >= 0.6 is 15.9 Å². The van der Waals surface area contributed by atoms with Gasteiger partial charge in [-0.05, 0) is 40.8 Å². The van der Waals surface area contributed by atoms with Crippen LogP contribution in [0.2, 0.25) is 0 Å².